The van der Waals surface area contributed by atoms with Crippen LogP contribution in [0.25, 0.3) is 0 Å². The predicted octanol–water partition coefficient (Wildman–Crippen LogP) is 2.01. The van der Waals surface area contributed by atoms with E-state index in [0.29, 0.717) is 0 Å². The van der Waals surface area contributed by atoms with Gasteiger partial charge in [0.25, 0.3) is 0 Å². The molecule has 1 saturated heterocycles. The van der Waals surface area contributed by atoms with E-state index < -0.39 is 5.54 Å². The van der Waals surface area contributed by atoms with Crippen molar-refractivity contribution in [2.45, 2.75) is 51.6 Å². The number of carbonyl (C=O) groups is 1. The largest absolute Gasteiger partial charge is 0.305 e. The minimum atomic E-state index is -0.391. The van der Waals surface area contributed by atoms with Crippen LogP contribution in [0.3, 0.4) is 0 Å². The maximum absolute atomic E-state index is 12.4. The number of nitrogens with one attached hydrogen (secondary N) is 1. The summed E-state index contributed by atoms with van der Waals surface area (Å²) in [5.74, 6) is 0.180. The van der Waals surface area contributed by atoms with Crippen LogP contribution >= 0.6 is 0 Å². The van der Waals surface area contributed by atoms with Crippen molar-refractivity contribution in [3.05, 3.63) is 18.0 Å². The van der Waals surface area contributed by atoms with Crippen molar-refractivity contribution in [2.24, 2.45) is 0 Å². The SMILES string of the molecule is CCCn1cc(C(=O)C2(C)CCCCN2)cn1. The molecule has 0 radical (unpaired) electrons. The van der Waals surface area contributed by atoms with Crippen molar-refractivity contribution < 1.29 is 4.79 Å². The minimum Gasteiger partial charge on any atom is -0.305 e. The molecule has 4 nitrogen and oxygen atoms in total. The van der Waals surface area contributed by atoms with Crippen molar-refractivity contribution in [2.75, 3.05) is 6.54 Å². The normalized spacial score (nSPS) is 24.8. The number of ketones is 1. The van der Waals surface area contributed by atoms with Crippen LogP contribution in [-0.4, -0.2) is 27.6 Å². The lowest BCUT2D eigenvalue weighted by Gasteiger charge is -2.33. The molecular weight excluding hydrogens is 214 g/mol. The Bertz CT molecular complexity index is 391. The van der Waals surface area contributed by atoms with E-state index >= 15 is 0 Å². The van der Waals surface area contributed by atoms with E-state index in [-0.39, 0.29) is 5.78 Å². The molecule has 2 heterocycles. The van der Waals surface area contributed by atoms with Gasteiger partial charge in [0.2, 0.25) is 0 Å². The summed E-state index contributed by atoms with van der Waals surface area (Å²) < 4.78 is 1.85. The van der Waals surface area contributed by atoms with E-state index in [1.807, 2.05) is 17.8 Å². The molecule has 1 aromatic rings. The molecule has 1 aromatic heterocycles. The van der Waals surface area contributed by atoms with Crippen LogP contribution in [-0.2, 0) is 6.54 Å². The number of aromatic nitrogens is 2. The quantitative estimate of drug-likeness (QED) is 0.812. The highest BCUT2D eigenvalue weighted by Crippen LogP contribution is 2.23. The number of hydrogen-bond acceptors (Lipinski definition) is 3. The number of hydrogen-bond donors (Lipinski definition) is 1. The van der Waals surface area contributed by atoms with Crippen LogP contribution in [0.15, 0.2) is 12.4 Å². The van der Waals surface area contributed by atoms with Gasteiger partial charge < -0.3 is 5.32 Å². The lowest BCUT2D eigenvalue weighted by molar-refractivity contribution is 0.0834. The number of rotatable bonds is 4. The molecule has 0 aliphatic carbocycles. The van der Waals surface area contributed by atoms with Crippen molar-refractivity contribution in [3.63, 3.8) is 0 Å². The van der Waals surface area contributed by atoms with Gasteiger partial charge in [0.15, 0.2) is 5.78 Å². The van der Waals surface area contributed by atoms with Crippen LogP contribution in [0.2, 0.25) is 0 Å². The molecule has 4 heteroatoms. The molecule has 0 saturated carbocycles. The summed E-state index contributed by atoms with van der Waals surface area (Å²) >= 11 is 0. The predicted molar refractivity (Wildman–Crippen MR) is 67.1 cm³/mol. The monoisotopic (exact) mass is 235 g/mol. The fourth-order valence-corrected chi connectivity index (χ4v) is 2.40. The maximum atomic E-state index is 12.4. The smallest absolute Gasteiger partial charge is 0.185 e. The molecule has 1 unspecified atom stereocenters. The third kappa shape index (κ3) is 2.57. The lowest BCUT2D eigenvalue weighted by atomic mass is 9.85. The zero-order valence-electron chi connectivity index (χ0n) is 10.7. The Morgan fingerprint density at radius 3 is 3.06 bits per heavy atom. The van der Waals surface area contributed by atoms with Crippen LogP contribution in [0, 0.1) is 0 Å². The molecule has 94 valence electrons. The van der Waals surface area contributed by atoms with Crippen LogP contribution in [0.5, 0.6) is 0 Å². The van der Waals surface area contributed by atoms with Gasteiger partial charge in [-0.1, -0.05) is 6.92 Å². The molecule has 1 aliphatic rings. The first kappa shape index (κ1) is 12.3. The van der Waals surface area contributed by atoms with E-state index in [1.54, 1.807) is 6.20 Å². The van der Waals surface area contributed by atoms with E-state index in [4.69, 9.17) is 0 Å². The molecule has 1 aliphatic heterocycles. The maximum Gasteiger partial charge on any atom is 0.185 e. The minimum absolute atomic E-state index is 0.180. The Labute approximate surface area is 102 Å². The van der Waals surface area contributed by atoms with E-state index in [0.717, 1.165) is 44.3 Å². The summed E-state index contributed by atoms with van der Waals surface area (Å²) in [5.41, 5.74) is 0.341. The second-order valence-corrected chi connectivity index (χ2v) is 5.04. The first-order chi connectivity index (χ1) is 8.15. The average molecular weight is 235 g/mol. The van der Waals surface area contributed by atoms with Crippen LogP contribution < -0.4 is 5.32 Å². The third-order valence-electron chi connectivity index (χ3n) is 3.47. The first-order valence-corrected chi connectivity index (χ1v) is 6.48. The zero-order valence-corrected chi connectivity index (χ0v) is 10.7. The van der Waals surface area contributed by atoms with E-state index in [9.17, 15) is 4.79 Å². The van der Waals surface area contributed by atoms with Crippen molar-refractivity contribution in [1.82, 2.24) is 15.1 Å². The Morgan fingerprint density at radius 1 is 1.59 bits per heavy atom. The Balaban J connectivity index is 2.12. The fourth-order valence-electron chi connectivity index (χ4n) is 2.40. The standard InChI is InChI=1S/C13H21N3O/c1-3-8-16-10-11(9-15-16)12(17)13(2)6-4-5-7-14-13/h9-10,14H,3-8H2,1-2H3. The third-order valence-corrected chi connectivity index (χ3v) is 3.47. The van der Waals surface area contributed by atoms with Crippen molar-refractivity contribution in [1.29, 1.82) is 0 Å². The molecule has 0 amide bonds. The molecule has 0 aromatic carbocycles. The van der Waals surface area contributed by atoms with Gasteiger partial charge in [-0.25, -0.2) is 0 Å². The number of piperidine rings is 1. The van der Waals surface area contributed by atoms with E-state index in [1.165, 1.54) is 0 Å². The number of Topliss-reactive ketones (excluding diaryl/α,β-unsaturated/α-hetero) is 1. The van der Waals surface area contributed by atoms with Gasteiger partial charge in [0.1, 0.15) is 0 Å². The summed E-state index contributed by atoms with van der Waals surface area (Å²) in [6.07, 6.45) is 7.80. The second-order valence-electron chi connectivity index (χ2n) is 5.04. The molecule has 0 bridgehead atoms. The van der Waals surface area contributed by atoms with Gasteiger partial charge in [-0.2, -0.15) is 5.10 Å². The van der Waals surface area contributed by atoms with Gasteiger partial charge >= 0.3 is 0 Å². The highest BCUT2D eigenvalue weighted by atomic mass is 16.1. The summed E-state index contributed by atoms with van der Waals surface area (Å²) in [6.45, 7) is 5.92. The van der Waals surface area contributed by atoms with Crippen LogP contribution in [0.4, 0.5) is 0 Å². The highest BCUT2D eigenvalue weighted by molar-refractivity contribution is 6.02. The number of carbonyl (C=O) groups excluding carboxylic acids is 1. The number of nitrogens with zero attached hydrogens (tertiary/aromatic N) is 2. The first-order valence-electron chi connectivity index (χ1n) is 6.48. The van der Waals surface area contributed by atoms with Crippen LogP contribution in [0.1, 0.15) is 49.9 Å². The fraction of sp³-hybridized carbons (Fsp3) is 0.692. The summed E-state index contributed by atoms with van der Waals surface area (Å²) in [6, 6.07) is 0. The van der Waals surface area contributed by atoms with E-state index in [2.05, 4.69) is 17.3 Å². The molecule has 2 rings (SSSR count). The van der Waals surface area contributed by atoms with Gasteiger partial charge in [0, 0.05) is 12.7 Å². The van der Waals surface area contributed by atoms with Crippen molar-refractivity contribution in [3.8, 4) is 0 Å². The molecule has 0 spiro atoms. The van der Waals surface area contributed by atoms with Gasteiger partial charge in [-0.05, 0) is 39.2 Å². The lowest BCUT2D eigenvalue weighted by Crippen LogP contribution is -2.52. The Morgan fingerprint density at radius 2 is 2.41 bits per heavy atom. The van der Waals surface area contributed by atoms with Gasteiger partial charge in [0.05, 0.1) is 17.3 Å². The second kappa shape index (κ2) is 5.00. The summed E-state index contributed by atoms with van der Waals surface area (Å²) in [4.78, 5) is 12.4. The molecule has 17 heavy (non-hydrogen) atoms. The molecule has 1 N–H and O–H groups in total. The Hall–Kier alpha value is -1.16. The van der Waals surface area contributed by atoms with Crippen molar-refractivity contribution >= 4 is 5.78 Å². The van der Waals surface area contributed by atoms with Gasteiger partial charge in [-0.15, -0.1) is 0 Å². The average Bonchev–Trinajstić information content (AvgIpc) is 2.78. The molecular formula is C13H21N3O. The molecule has 1 atom stereocenters. The summed E-state index contributed by atoms with van der Waals surface area (Å²) in [7, 11) is 0. The summed E-state index contributed by atoms with van der Waals surface area (Å²) in [5, 5.41) is 7.57. The zero-order chi connectivity index (χ0) is 12.3. The molecule has 1 fully saturated rings. The number of aryl methyl sites for hydroxylation is 1. The Kier molecular flexibility index (Phi) is 3.62. The highest BCUT2D eigenvalue weighted by Gasteiger charge is 2.35. The van der Waals surface area contributed by atoms with Gasteiger partial charge in [-0.3, -0.25) is 9.48 Å². The topological polar surface area (TPSA) is 46.9 Å².